The zero-order valence-corrected chi connectivity index (χ0v) is 13.1. The standard InChI is InChI=1S/C15H12Cl2N2O3/c1-9(22-15(21)10-3-2-6-18-8-10)14(20)19-13-7-11(16)4-5-12(13)17/h2-9H,1H3,(H,19,20)/t9-/m1/s1. The number of carbonyl (C=O) groups is 2. The van der Waals surface area contributed by atoms with E-state index in [4.69, 9.17) is 27.9 Å². The van der Waals surface area contributed by atoms with Gasteiger partial charge in [-0.2, -0.15) is 0 Å². The van der Waals surface area contributed by atoms with E-state index in [1.165, 1.54) is 25.4 Å². The zero-order valence-electron chi connectivity index (χ0n) is 11.5. The van der Waals surface area contributed by atoms with Crippen LogP contribution in [-0.4, -0.2) is 23.0 Å². The normalized spacial score (nSPS) is 11.6. The summed E-state index contributed by atoms with van der Waals surface area (Å²) in [6.07, 6.45) is 1.90. The molecule has 7 heteroatoms. The Hall–Kier alpha value is -2.11. The minimum absolute atomic E-state index is 0.267. The molecule has 0 aliphatic rings. The number of hydrogen-bond acceptors (Lipinski definition) is 4. The number of anilines is 1. The Kier molecular flexibility index (Phi) is 5.35. The molecule has 22 heavy (non-hydrogen) atoms. The molecule has 1 heterocycles. The number of hydrogen-bond donors (Lipinski definition) is 1. The Morgan fingerprint density at radius 2 is 2.05 bits per heavy atom. The molecule has 0 fully saturated rings. The molecule has 0 aliphatic carbocycles. The highest BCUT2D eigenvalue weighted by molar-refractivity contribution is 6.35. The van der Waals surface area contributed by atoms with Crippen LogP contribution in [0.15, 0.2) is 42.7 Å². The summed E-state index contributed by atoms with van der Waals surface area (Å²) in [6, 6.07) is 7.83. The summed E-state index contributed by atoms with van der Waals surface area (Å²) in [4.78, 5) is 27.7. The Balaban J connectivity index is 2.00. The van der Waals surface area contributed by atoms with Gasteiger partial charge in [-0.05, 0) is 37.3 Å². The van der Waals surface area contributed by atoms with Crippen LogP contribution in [0.2, 0.25) is 10.0 Å². The molecule has 1 aromatic heterocycles. The minimum atomic E-state index is -0.997. The highest BCUT2D eigenvalue weighted by Gasteiger charge is 2.20. The summed E-state index contributed by atoms with van der Waals surface area (Å²) in [5, 5.41) is 3.33. The van der Waals surface area contributed by atoms with Gasteiger partial charge in [-0.1, -0.05) is 23.2 Å². The monoisotopic (exact) mass is 338 g/mol. The summed E-state index contributed by atoms with van der Waals surface area (Å²) >= 11 is 11.8. The Morgan fingerprint density at radius 3 is 2.73 bits per heavy atom. The first kappa shape index (κ1) is 16.3. The number of amides is 1. The Bertz CT molecular complexity index is 692. The number of aromatic nitrogens is 1. The number of nitrogens with one attached hydrogen (secondary N) is 1. The van der Waals surface area contributed by atoms with E-state index in [0.29, 0.717) is 15.7 Å². The molecule has 0 radical (unpaired) electrons. The molecule has 1 N–H and O–H groups in total. The van der Waals surface area contributed by atoms with Gasteiger partial charge in [-0.3, -0.25) is 9.78 Å². The van der Waals surface area contributed by atoms with Crippen molar-refractivity contribution >= 4 is 40.8 Å². The average molecular weight is 339 g/mol. The number of carbonyl (C=O) groups excluding carboxylic acids is 2. The van der Waals surface area contributed by atoms with Crippen LogP contribution in [0.3, 0.4) is 0 Å². The number of pyridine rings is 1. The molecule has 0 aliphatic heterocycles. The average Bonchev–Trinajstić information content (AvgIpc) is 2.51. The number of benzene rings is 1. The number of ether oxygens (including phenoxy) is 1. The molecule has 0 saturated heterocycles. The van der Waals surface area contributed by atoms with Crippen LogP contribution < -0.4 is 5.32 Å². The maximum atomic E-state index is 12.0. The van der Waals surface area contributed by atoms with Crippen molar-refractivity contribution < 1.29 is 14.3 Å². The summed E-state index contributed by atoms with van der Waals surface area (Å²) < 4.78 is 5.07. The third-order valence-corrected chi connectivity index (χ3v) is 3.30. The maximum Gasteiger partial charge on any atom is 0.340 e. The van der Waals surface area contributed by atoms with Gasteiger partial charge >= 0.3 is 5.97 Å². The number of halogens is 2. The number of nitrogens with zero attached hydrogens (tertiary/aromatic N) is 1. The summed E-state index contributed by atoms with van der Waals surface area (Å²) in [5.41, 5.74) is 0.617. The van der Waals surface area contributed by atoms with E-state index in [0.717, 1.165) is 0 Å². The van der Waals surface area contributed by atoms with Gasteiger partial charge in [-0.25, -0.2) is 4.79 Å². The van der Waals surface area contributed by atoms with Gasteiger partial charge in [0.2, 0.25) is 0 Å². The van der Waals surface area contributed by atoms with Crippen LogP contribution >= 0.6 is 23.2 Å². The van der Waals surface area contributed by atoms with Crippen LogP contribution in [-0.2, 0) is 9.53 Å². The Morgan fingerprint density at radius 1 is 1.27 bits per heavy atom. The summed E-state index contributed by atoms with van der Waals surface area (Å²) in [6.45, 7) is 1.46. The van der Waals surface area contributed by atoms with Crippen molar-refractivity contribution in [2.24, 2.45) is 0 Å². The smallest absolute Gasteiger partial charge is 0.340 e. The molecule has 5 nitrogen and oxygen atoms in total. The second-order valence-corrected chi connectivity index (χ2v) is 5.25. The molecule has 2 aromatic rings. The maximum absolute atomic E-state index is 12.0. The predicted octanol–water partition coefficient (Wildman–Crippen LogP) is 3.57. The van der Waals surface area contributed by atoms with Crippen LogP contribution in [0.4, 0.5) is 5.69 Å². The van der Waals surface area contributed by atoms with E-state index < -0.39 is 18.0 Å². The van der Waals surface area contributed by atoms with Gasteiger partial charge < -0.3 is 10.1 Å². The fourth-order valence-electron chi connectivity index (χ4n) is 1.59. The quantitative estimate of drug-likeness (QED) is 0.865. The van der Waals surface area contributed by atoms with E-state index >= 15 is 0 Å². The lowest BCUT2D eigenvalue weighted by atomic mass is 10.2. The van der Waals surface area contributed by atoms with Crippen molar-refractivity contribution in [1.82, 2.24) is 4.98 Å². The lowest BCUT2D eigenvalue weighted by Crippen LogP contribution is -2.30. The molecule has 1 atom stereocenters. The molecule has 0 spiro atoms. The van der Waals surface area contributed by atoms with E-state index in [1.54, 1.807) is 24.3 Å². The zero-order chi connectivity index (χ0) is 16.1. The van der Waals surface area contributed by atoms with E-state index in [-0.39, 0.29) is 5.56 Å². The molecule has 114 valence electrons. The van der Waals surface area contributed by atoms with Crippen molar-refractivity contribution in [3.05, 3.63) is 58.3 Å². The van der Waals surface area contributed by atoms with Gasteiger partial charge in [0, 0.05) is 17.4 Å². The minimum Gasteiger partial charge on any atom is -0.449 e. The van der Waals surface area contributed by atoms with E-state index in [2.05, 4.69) is 10.3 Å². The molecular formula is C15H12Cl2N2O3. The molecule has 1 aromatic carbocycles. The van der Waals surface area contributed by atoms with Crippen LogP contribution in [0.1, 0.15) is 17.3 Å². The summed E-state index contributed by atoms with van der Waals surface area (Å²) in [7, 11) is 0. The predicted molar refractivity (Wildman–Crippen MR) is 84.2 cm³/mol. The first-order valence-corrected chi connectivity index (χ1v) is 7.10. The van der Waals surface area contributed by atoms with Crippen LogP contribution in [0, 0.1) is 0 Å². The first-order chi connectivity index (χ1) is 10.5. The topological polar surface area (TPSA) is 68.3 Å². The fraction of sp³-hybridized carbons (Fsp3) is 0.133. The molecule has 0 saturated carbocycles. The van der Waals surface area contributed by atoms with Gasteiger partial charge in [0.25, 0.3) is 5.91 Å². The molecule has 2 rings (SSSR count). The number of rotatable bonds is 4. The highest BCUT2D eigenvalue weighted by atomic mass is 35.5. The second kappa shape index (κ2) is 7.24. The van der Waals surface area contributed by atoms with Crippen LogP contribution in [0.25, 0.3) is 0 Å². The third-order valence-electron chi connectivity index (χ3n) is 2.74. The second-order valence-electron chi connectivity index (χ2n) is 4.40. The van der Waals surface area contributed by atoms with E-state index in [9.17, 15) is 9.59 Å². The van der Waals surface area contributed by atoms with Gasteiger partial charge in [0.05, 0.1) is 16.3 Å². The SMILES string of the molecule is C[C@@H](OC(=O)c1cccnc1)C(=O)Nc1cc(Cl)ccc1Cl. The lowest BCUT2D eigenvalue weighted by molar-refractivity contribution is -0.123. The van der Waals surface area contributed by atoms with Crippen molar-refractivity contribution in [2.45, 2.75) is 13.0 Å². The molecule has 0 unspecified atom stereocenters. The molecule has 0 bridgehead atoms. The third kappa shape index (κ3) is 4.19. The van der Waals surface area contributed by atoms with Gasteiger partial charge in [-0.15, -0.1) is 0 Å². The Labute approximate surface area is 137 Å². The number of esters is 1. The van der Waals surface area contributed by atoms with Crippen molar-refractivity contribution in [1.29, 1.82) is 0 Å². The molecular weight excluding hydrogens is 327 g/mol. The first-order valence-electron chi connectivity index (χ1n) is 6.34. The van der Waals surface area contributed by atoms with Gasteiger partial charge in [0.1, 0.15) is 0 Å². The summed E-state index contributed by atoms with van der Waals surface area (Å²) in [5.74, 6) is -1.14. The van der Waals surface area contributed by atoms with E-state index in [1.807, 2.05) is 0 Å². The van der Waals surface area contributed by atoms with Crippen molar-refractivity contribution in [3.8, 4) is 0 Å². The molecule has 1 amide bonds. The highest BCUT2D eigenvalue weighted by Crippen LogP contribution is 2.25. The van der Waals surface area contributed by atoms with Crippen molar-refractivity contribution in [2.75, 3.05) is 5.32 Å². The largest absolute Gasteiger partial charge is 0.449 e. The van der Waals surface area contributed by atoms with Crippen LogP contribution in [0.5, 0.6) is 0 Å². The van der Waals surface area contributed by atoms with Crippen molar-refractivity contribution in [3.63, 3.8) is 0 Å². The lowest BCUT2D eigenvalue weighted by Gasteiger charge is -2.14. The van der Waals surface area contributed by atoms with Gasteiger partial charge in [0.15, 0.2) is 6.10 Å². The fourth-order valence-corrected chi connectivity index (χ4v) is 1.93.